The zero-order chi connectivity index (χ0) is 23.7. The van der Waals surface area contributed by atoms with Crippen LogP contribution in [0, 0.1) is 0 Å². The van der Waals surface area contributed by atoms with E-state index in [0.29, 0.717) is 38.7 Å². The quantitative estimate of drug-likeness (QED) is 0.319. The first-order chi connectivity index (χ1) is 16.4. The van der Waals surface area contributed by atoms with Crippen molar-refractivity contribution in [1.29, 1.82) is 0 Å². The predicted molar refractivity (Wildman–Crippen MR) is 140 cm³/mol. The van der Waals surface area contributed by atoms with E-state index in [0.717, 1.165) is 41.3 Å². The van der Waals surface area contributed by atoms with Gasteiger partial charge in [-0.3, -0.25) is 10.1 Å². The standard InChI is InChI=1S/C24H22ClN3O3S3/c25-21-18-7-3-4-8-20(18)33-22(21)23(29)27-24-26-19(15-32-24)16-9-11-17(12-10-16)34(30,31)28-13-5-1-2-6-14-28/h3-4,7-12,15H,1-2,5-6,13-14H2,(H,26,27,29). The van der Waals surface area contributed by atoms with Crippen LogP contribution in [-0.2, 0) is 10.0 Å². The van der Waals surface area contributed by atoms with Crippen molar-refractivity contribution in [3.05, 3.63) is 63.8 Å². The van der Waals surface area contributed by atoms with Crippen LogP contribution in [0.5, 0.6) is 0 Å². The van der Waals surface area contributed by atoms with E-state index in [1.54, 1.807) is 28.6 Å². The molecule has 2 aromatic carbocycles. The van der Waals surface area contributed by atoms with Crippen molar-refractivity contribution >= 4 is 65.4 Å². The van der Waals surface area contributed by atoms with Crippen LogP contribution < -0.4 is 5.32 Å². The number of nitrogens with zero attached hydrogens (tertiary/aromatic N) is 2. The number of benzene rings is 2. The Morgan fingerprint density at radius 3 is 2.41 bits per heavy atom. The minimum Gasteiger partial charge on any atom is -0.297 e. The highest BCUT2D eigenvalue weighted by Crippen LogP contribution is 2.36. The van der Waals surface area contributed by atoms with E-state index in [1.165, 1.54) is 22.7 Å². The summed E-state index contributed by atoms with van der Waals surface area (Å²) in [4.78, 5) is 18.0. The number of fused-ring (bicyclic) bond motifs is 1. The van der Waals surface area contributed by atoms with Gasteiger partial charge in [0.25, 0.3) is 5.91 Å². The summed E-state index contributed by atoms with van der Waals surface area (Å²) in [5, 5.41) is 6.41. The molecule has 0 aliphatic carbocycles. The van der Waals surface area contributed by atoms with E-state index in [1.807, 2.05) is 29.6 Å². The number of amides is 1. The zero-order valence-corrected chi connectivity index (χ0v) is 21.4. The molecule has 0 spiro atoms. The Labute approximate surface area is 211 Å². The lowest BCUT2D eigenvalue weighted by Crippen LogP contribution is -2.31. The summed E-state index contributed by atoms with van der Waals surface area (Å²) in [7, 11) is -3.49. The van der Waals surface area contributed by atoms with Crippen molar-refractivity contribution in [2.75, 3.05) is 18.4 Å². The van der Waals surface area contributed by atoms with E-state index in [9.17, 15) is 13.2 Å². The van der Waals surface area contributed by atoms with Gasteiger partial charge in [0, 0.05) is 34.1 Å². The van der Waals surface area contributed by atoms with Crippen LogP contribution >= 0.6 is 34.3 Å². The lowest BCUT2D eigenvalue weighted by Gasteiger charge is -2.19. The first kappa shape index (κ1) is 23.4. The third-order valence-electron chi connectivity index (χ3n) is 5.82. The van der Waals surface area contributed by atoms with Crippen LogP contribution in [0.4, 0.5) is 5.13 Å². The molecule has 4 aromatic rings. The van der Waals surface area contributed by atoms with Gasteiger partial charge in [0.1, 0.15) is 4.88 Å². The summed E-state index contributed by atoms with van der Waals surface area (Å²) in [5.74, 6) is -0.300. The van der Waals surface area contributed by atoms with Gasteiger partial charge in [-0.25, -0.2) is 13.4 Å². The van der Waals surface area contributed by atoms with E-state index in [-0.39, 0.29) is 5.91 Å². The Kier molecular flexibility index (Phi) is 6.72. The summed E-state index contributed by atoms with van der Waals surface area (Å²) in [6.45, 7) is 1.14. The fraction of sp³-hybridized carbons (Fsp3) is 0.250. The summed E-state index contributed by atoms with van der Waals surface area (Å²) in [6.07, 6.45) is 3.94. The van der Waals surface area contributed by atoms with E-state index < -0.39 is 10.0 Å². The molecule has 1 saturated heterocycles. The van der Waals surface area contributed by atoms with Gasteiger partial charge in [-0.15, -0.1) is 22.7 Å². The number of sulfonamides is 1. The van der Waals surface area contributed by atoms with Crippen LogP contribution in [0.3, 0.4) is 0 Å². The number of nitrogens with one attached hydrogen (secondary N) is 1. The highest BCUT2D eigenvalue weighted by Gasteiger charge is 2.25. The normalized spacial score (nSPS) is 15.3. The van der Waals surface area contributed by atoms with Crippen molar-refractivity contribution in [1.82, 2.24) is 9.29 Å². The highest BCUT2D eigenvalue weighted by atomic mass is 35.5. The lowest BCUT2D eigenvalue weighted by atomic mass is 10.2. The highest BCUT2D eigenvalue weighted by molar-refractivity contribution is 7.89. The Hall–Kier alpha value is -2.30. The fourth-order valence-corrected chi connectivity index (χ4v) is 7.65. The second-order valence-electron chi connectivity index (χ2n) is 8.08. The molecule has 0 saturated carbocycles. The van der Waals surface area contributed by atoms with Crippen LogP contribution in [-0.4, -0.2) is 36.7 Å². The Morgan fingerprint density at radius 1 is 1.00 bits per heavy atom. The molecule has 1 aliphatic rings. The molecule has 1 fully saturated rings. The molecule has 1 N–H and O–H groups in total. The molecule has 0 bridgehead atoms. The summed E-state index contributed by atoms with van der Waals surface area (Å²) < 4.78 is 28.5. The monoisotopic (exact) mass is 531 g/mol. The van der Waals surface area contributed by atoms with Gasteiger partial charge >= 0.3 is 0 Å². The van der Waals surface area contributed by atoms with Crippen molar-refractivity contribution in [3.8, 4) is 11.3 Å². The predicted octanol–water partition coefficient (Wildman–Crippen LogP) is 6.50. The molecular weight excluding hydrogens is 510 g/mol. The Morgan fingerprint density at radius 2 is 1.71 bits per heavy atom. The first-order valence-corrected chi connectivity index (χ1v) is 14.5. The third-order valence-corrected chi connectivity index (χ3v) is 10.2. The average molecular weight is 532 g/mol. The SMILES string of the molecule is O=C(Nc1nc(-c2ccc(S(=O)(=O)N3CCCCCC3)cc2)cs1)c1sc2ccccc2c1Cl. The summed E-state index contributed by atoms with van der Waals surface area (Å²) in [6, 6.07) is 14.4. The molecule has 34 heavy (non-hydrogen) atoms. The molecule has 1 aliphatic heterocycles. The van der Waals surface area contributed by atoms with E-state index in [4.69, 9.17) is 11.6 Å². The van der Waals surface area contributed by atoms with Crippen molar-refractivity contribution in [3.63, 3.8) is 0 Å². The van der Waals surface area contributed by atoms with Crippen LogP contribution in [0.15, 0.2) is 58.8 Å². The van der Waals surface area contributed by atoms with E-state index >= 15 is 0 Å². The maximum Gasteiger partial charge on any atom is 0.269 e. The lowest BCUT2D eigenvalue weighted by molar-refractivity contribution is 0.103. The first-order valence-electron chi connectivity index (χ1n) is 11.0. The van der Waals surface area contributed by atoms with Crippen molar-refractivity contribution < 1.29 is 13.2 Å². The molecule has 10 heteroatoms. The molecule has 2 aromatic heterocycles. The Balaban J connectivity index is 1.31. The molecule has 0 unspecified atom stereocenters. The molecule has 0 radical (unpaired) electrons. The molecule has 3 heterocycles. The van der Waals surface area contributed by atoms with Crippen LogP contribution in [0.2, 0.25) is 5.02 Å². The number of carbonyl (C=O) groups excluding carboxylic acids is 1. The smallest absolute Gasteiger partial charge is 0.269 e. The molecule has 6 nitrogen and oxygen atoms in total. The van der Waals surface area contributed by atoms with Gasteiger partial charge in [0.2, 0.25) is 10.0 Å². The largest absolute Gasteiger partial charge is 0.297 e. The second kappa shape index (κ2) is 9.75. The van der Waals surface area contributed by atoms with Gasteiger partial charge < -0.3 is 0 Å². The molecule has 1 amide bonds. The van der Waals surface area contributed by atoms with Crippen LogP contribution in [0.25, 0.3) is 21.3 Å². The number of thiazole rings is 1. The van der Waals surface area contributed by atoms with Gasteiger partial charge in [-0.2, -0.15) is 4.31 Å². The second-order valence-corrected chi connectivity index (χ2v) is 12.3. The number of aromatic nitrogens is 1. The number of anilines is 1. The molecule has 0 atom stereocenters. The van der Waals surface area contributed by atoms with Gasteiger partial charge in [0.05, 0.1) is 15.6 Å². The van der Waals surface area contributed by atoms with Gasteiger partial charge in [-0.1, -0.05) is 54.8 Å². The maximum absolute atomic E-state index is 13.0. The van der Waals surface area contributed by atoms with Gasteiger partial charge in [0.15, 0.2) is 5.13 Å². The van der Waals surface area contributed by atoms with Crippen molar-refractivity contribution in [2.45, 2.75) is 30.6 Å². The fourth-order valence-electron chi connectivity index (χ4n) is 4.01. The topological polar surface area (TPSA) is 79.4 Å². The zero-order valence-electron chi connectivity index (χ0n) is 18.2. The number of halogens is 1. The minimum atomic E-state index is -3.49. The minimum absolute atomic E-state index is 0.293. The van der Waals surface area contributed by atoms with Gasteiger partial charge in [-0.05, 0) is 31.0 Å². The number of carbonyl (C=O) groups is 1. The number of rotatable bonds is 5. The summed E-state index contributed by atoms with van der Waals surface area (Å²) in [5.41, 5.74) is 1.45. The van der Waals surface area contributed by atoms with Crippen molar-refractivity contribution in [2.24, 2.45) is 0 Å². The number of hydrogen-bond acceptors (Lipinski definition) is 6. The number of hydrogen-bond donors (Lipinski definition) is 1. The molecular formula is C24H22ClN3O3S3. The maximum atomic E-state index is 13.0. The number of thiophene rings is 1. The molecule has 176 valence electrons. The Bertz CT molecular complexity index is 1440. The third kappa shape index (κ3) is 4.63. The van der Waals surface area contributed by atoms with E-state index in [2.05, 4.69) is 10.3 Å². The van der Waals surface area contributed by atoms with Crippen LogP contribution in [0.1, 0.15) is 35.4 Å². The molecule has 5 rings (SSSR count). The average Bonchev–Trinajstić information content (AvgIpc) is 3.32. The summed E-state index contributed by atoms with van der Waals surface area (Å²) >= 11 is 9.07.